The molecule has 0 fully saturated rings. The maximum atomic E-state index is 13.0. The molecule has 6 heteroatoms. The average Bonchev–Trinajstić information content (AvgIpc) is 2.98. The Morgan fingerprint density at radius 2 is 2.10 bits per heavy atom. The number of amides is 1. The van der Waals surface area contributed by atoms with Crippen LogP contribution in [0.4, 0.5) is 8.78 Å². The fourth-order valence-electron chi connectivity index (χ4n) is 1.68. The highest BCUT2D eigenvalue weighted by Crippen LogP contribution is 2.08. The zero-order chi connectivity index (χ0) is 15.1. The fraction of sp³-hybridized carbons (Fsp3) is 0.267. The smallest absolute Gasteiger partial charge is 0.251 e. The molecule has 0 saturated carbocycles. The van der Waals surface area contributed by atoms with E-state index in [2.05, 4.69) is 5.32 Å². The minimum Gasteiger partial charge on any atom is -0.467 e. The van der Waals surface area contributed by atoms with Gasteiger partial charge in [0, 0.05) is 18.7 Å². The van der Waals surface area contributed by atoms with Crippen molar-refractivity contribution >= 4 is 5.91 Å². The van der Waals surface area contributed by atoms with Crippen LogP contribution in [0.1, 0.15) is 22.5 Å². The number of rotatable bonds is 7. The molecule has 0 aliphatic carbocycles. The number of nitrogens with one attached hydrogen (secondary N) is 1. The predicted octanol–water partition coefficient (Wildman–Crippen LogP) is 2.89. The Morgan fingerprint density at radius 3 is 2.81 bits per heavy atom. The molecule has 0 saturated heterocycles. The van der Waals surface area contributed by atoms with Gasteiger partial charge >= 0.3 is 0 Å². The first-order valence-electron chi connectivity index (χ1n) is 6.50. The summed E-state index contributed by atoms with van der Waals surface area (Å²) in [6, 6.07) is 6.63. The first-order valence-corrected chi connectivity index (χ1v) is 6.50. The van der Waals surface area contributed by atoms with Gasteiger partial charge in [0.15, 0.2) is 11.6 Å². The lowest BCUT2D eigenvalue weighted by Crippen LogP contribution is -2.25. The zero-order valence-electron chi connectivity index (χ0n) is 11.3. The largest absolute Gasteiger partial charge is 0.467 e. The van der Waals surface area contributed by atoms with E-state index in [9.17, 15) is 13.6 Å². The van der Waals surface area contributed by atoms with E-state index in [1.807, 2.05) is 6.07 Å². The van der Waals surface area contributed by atoms with Crippen molar-refractivity contribution in [2.24, 2.45) is 0 Å². The quantitative estimate of drug-likeness (QED) is 0.799. The molecular formula is C15H15F2NO3. The van der Waals surface area contributed by atoms with Crippen LogP contribution in [0.3, 0.4) is 0 Å². The Balaban J connectivity index is 1.63. The van der Waals surface area contributed by atoms with E-state index in [4.69, 9.17) is 9.15 Å². The Hall–Kier alpha value is -2.21. The summed E-state index contributed by atoms with van der Waals surface area (Å²) in [4.78, 5) is 11.7. The monoisotopic (exact) mass is 295 g/mol. The van der Waals surface area contributed by atoms with Gasteiger partial charge < -0.3 is 14.5 Å². The summed E-state index contributed by atoms with van der Waals surface area (Å²) in [6.07, 6.45) is 2.18. The van der Waals surface area contributed by atoms with Crippen molar-refractivity contribution < 1.29 is 22.7 Å². The minimum atomic E-state index is -1.04. The van der Waals surface area contributed by atoms with Crippen molar-refractivity contribution in [2.75, 3.05) is 13.2 Å². The van der Waals surface area contributed by atoms with Crippen molar-refractivity contribution in [2.45, 2.75) is 13.0 Å². The number of carbonyl (C=O) groups excluding carboxylic acids is 1. The normalized spacial score (nSPS) is 10.6. The topological polar surface area (TPSA) is 51.5 Å². The number of ether oxygens (including phenoxy) is 1. The molecular weight excluding hydrogens is 280 g/mol. The Bertz CT molecular complexity index is 585. The van der Waals surface area contributed by atoms with Crippen LogP contribution in [0.5, 0.6) is 0 Å². The van der Waals surface area contributed by atoms with Crippen molar-refractivity contribution in [3.63, 3.8) is 0 Å². The van der Waals surface area contributed by atoms with Crippen LogP contribution >= 0.6 is 0 Å². The van der Waals surface area contributed by atoms with E-state index >= 15 is 0 Å². The van der Waals surface area contributed by atoms with E-state index in [1.54, 1.807) is 12.3 Å². The van der Waals surface area contributed by atoms with E-state index < -0.39 is 17.5 Å². The lowest BCUT2D eigenvalue weighted by atomic mass is 10.2. The Kier molecular flexibility index (Phi) is 5.45. The SMILES string of the molecule is O=C(NCCCOCc1ccco1)c1ccc(F)c(F)c1. The summed E-state index contributed by atoms with van der Waals surface area (Å²) in [5, 5.41) is 2.61. The number of carbonyl (C=O) groups is 1. The third-order valence-electron chi connectivity index (χ3n) is 2.76. The summed E-state index contributed by atoms with van der Waals surface area (Å²) < 4.78 is 36.2. The summed E-state index contributed by atoms with van der Waals surface area (Å²) in [5.74, 6) is -1.72. The zero-order valence-corrected chi connectivity index (χ0v) is 11.3. The van der Waals surface area contributed by atoms with Crippen molar-refractivity contribution in [1.82, 2.24) is 5.32 Å². The van der Waals surface area contributed by atoms with Crippen LogP contribution < -0.4 is 5.32 Å². The van der Waals surface area contributed by atoms with E-state index in [1.165, 1.54) is 6.07 Å². The molecule has 2 rings (SSSR count). The maximum absolute atomic E-state index is 13.0. The van der Waals surface area contributed by atoms with Crippen LogP contribution in [0.25, 0.3) is 0 Å². The van der Waals surface area contributed by atoms with Gasteiger partial charge in [-0.15, -0.1) is 0 Å². The second kappa shape index (κ2) is 7.54. The van der Waals surface area contributed by atoms with Crippen LogP contribution in [0, 0.1) is 11.6 Å². The van der Waals surface area contributed by atoms with Gasteiger partial charge in [0.25, 0.3) is 5.91 Å². The lowest BCUT2D eigenvalue weighted by molar-refractivity contribution is 0.0916. The van der Waals surface area contributed by atoms with Crippen molar-refractivity contribution in [1.29, 1.82) is 0 Å². The highest BCUT2D eigenvalue weighted by molar-refractivity contribution is 5.94. The minimum absolute atomic E-state index is 0.0883. The summed E-state index contributed by atoms with van der Waals surface area (Å²) >= 11 is 0. The van der Waals surface area contributed by atoms with E-state index in [-0.39, 0.29) is 5.56 Å². The third kappa shape index (κ3) is 4.68. The fourth-order valence-corrected chi connectivity index (χ4v) is 1.68. The van der Waals surface area contributed by atoms with Gasteiger partial charge in [0.1, 0.15) is 12.4 Å². The van der Waals surface area contributed by atoms with Crippen LogP contribution in [-0.2, 0) is 11.3 Å². The second-order valence-corrected chi connectivity index (χ2v) is 4.37. The molecule has 0 unspecified atom stereocenters. The molecule has 0 spiro atoms. The third-order valence-corrected chi connectivity index (χ3v) is 2.76. The average molecular weight is 295 g/mol. The molecule has 112 valence electrons. The first-order chi connectivity index (χ1) is 10.2. The van der Waals surface area contributed by atoms with Crippen molar-refractivity contribution in [3.05, 3.63) is 59.6 Å². The van der Waals surface area contributed by atoms with Crippen LogP contribution in [0.2, 0.25) is 0 Å². The van der Waals surface area contributed by atoms with E-state index in [0.29, 0.717) is 26.2 Å². The Labute approximate surface area is 120 Å². The predicted molar refractivity (Wildman–Crippen MR) is 71.7 cm³/mol. The summed E-state index contributed by atoms with van der Waals surface area (Å²) in [5.41, 5.74) is 0.0883. The van der Waals surface area contributed by atoms with Crippen LogP contribution in [-0.4, -0.2) is 19.1 Å². The molecule has 1 aromatic carbocycles. The first kappa shape index (κ1) is 15.2. The summed E-state index contributed by atoms with van der Waals surface area (Å²) in [6.45, 7) is 1.22. The number of benzene rings is 1. The number of hydrogen-bond acceptors (Lipinski definition) is 3. The molecule has 0 radical (unpaired) electrons. The van der Waals surface area contributed by atoms with Gasteiger partial charge in [-0.2, -0.15) is 0 Å². The van der Waals surface area contributed by atoms with Gasteiger partial charge in [0.05, 0.1) is 6.26 Å². The molecule has 4 nitrogen and oxygen atoms in total. The maximum Gasteiger partial charge on any atom is 0.251 e. The standard InChI is InChI=1S/C15H15F2NO3/c16-13-5-4-11(9-14(13)17)15(19)18-6-2-7-20-10-12-3-1-8-21-12/h1,3-5,8-9H,2,6-7,10H2,(H,18,19). The Morgan fingerprint density at radius 1 is 1.24 bits per heavy atom. The molecule has 1 aromatic heterocycles. The molecule has 1 amide bonds. The molecule has 0 atom stereocenters. The van der Waals surface area contributed by atoms with Gasteiger partial charge in [-0.3, -0.25) is 4.79 Å². The lowest BCUT2D eigenvalue weighted by Gasteiger charge is -2.06. The van der Waals surface area contributed by atoms with Gasteiger partial charge in [-0.05, 0) is 36.8 Å². The van der Waals surface area contributed by atoms with E-state index in [0.717, 1.165) is 17.9 Å². The number of furan rings is 1. The highest BCUT2D eigenvalue weighted by Gasteiger charge is 2.08. The highest BCUT2D eigenvalue weighted by atomic mass is 19.2. The molecule has 21 heavy (non-hydrogen) atoms. The molecule has 2 aromatic rings. The van der Waals surface area contributed by atoms with Gasteiger partial charge in [-0.1, -0.05) is 0 Å². The van der Waals surface area contributed by atoms with Crippen molar-refractivity contribution in [3.8, 4) is 0 Å². The van der Waals surface area contributed by atoms with Gasteiger partial charge in [-0.25, -0.2) is 8.78 Å². The summed E-state index contributed by atoms with van der Waals surface area (Å²) in [7, 11) is 0. The molecule has 0 aliphatic rings. The number of halogens is 2. The molecule has 0 aliphatic heterocycles. The number of hydrogen-bond donors (Lipinski definition) is 1. The molecule has 1 heterocycles. The molecule has 1 N–H and O–H groups in total. The second-order valence-electron chi connectivity index (χ2n) is 4.37. The van der Waals surface area contributed by atoms with Crippen LogP contribution in [0.15, 0.2) is 41.0 Å². The molecule has 0 bridgehead atoms. The van der Waals surface area contributed by atoms with Gasteiger partial charge in [0.2, 0.25) is 0 Å².